The van der Waals surface area contributed by atoms with E-state index in [4.69, 9.17) is 12.2 Å². The Kier molecular flexibility index (Phi) is 2.28. The number of fused-ring (bicyclic) bond motifs is 1. The van der Waals surface area contributed by atoms with Crippen LogP contribution in [-0.2, 0) is 14.1 Å². The Morgan fingerprint density at radius 1 is 1.28 bits per heavy atom. The fourth-order valence-electron chi connectivity index (χ4n) is 2.05. The maximum Gasteiger partial charge on any atom is 0.332 e. The van der Waals surface area contributed by atoms with E-state index in [0.29, 0.717) is 17.0 Å². The van der Waals surface area contributed by atoms with Gasteiger partial charge in [0.1, 0.15) is 21.5 Å². The van der Waals surface area contributed by atoms with Crippen LogP contribution in [0.5, 0.6) is 0 Å². The molecule has 0 radical (unpaired) electrons. The first-order chi connectivity index (χ1) is 8.50. The van der Waals surface area contributed by atoms with Gasteiger partial charge in [0.2, 0.25) is 0 Å². The monoisotopic (exact) mass is 264 g/mol. The van der Waals surface area contributed by atoms with Crippen LogP contribution in [0.2, 0.25) is 0 Å². The molecule has 0 amide bonds. The summed E-state index contributed by atoms with van der Waals surface area (Å²) >= 11 is 5.18. The van der Waals surface area contributed by atoms with Gasteiger partial charge < -0.3 is 4.98 Å². The van der Waals surface area contributed by atoms with Crippen LogP contribution in [0.15, 0.2) is 9.59 Å². The van der Waals surface area contributed by atoms with Gasteiger partial charge in [-0.05, 0) is 12.8 Å². The summed E-state index contributed by atoms with van der Waals surface area (Å²) < 4.78 is 2.71. The standard InChI is InChI=1S/C11H12N4O2S/c1-14-8-6(10(16)15(2)11(14)17)9(18)13-7(12-8)5-3-4-5/h5H,3-4H2,1-2H3,(H,12,13,18). The first-order valence-electron chi connectivity index (χ1n) is 5.70. The lowest BCUT2D eigenvalue weighted by Crippen LogP contribution is -2.37. The van der Waals surface area contributed by atoms with Crippen molar-refractivity contribution in [3.05, 3.63) is 31.3 Å². The fourth-order valence-corrected chi connectivity index (χ4v) is 2.33. The van der Waals surface area contributed by atoms with E-state index in [1.165, 1.54) is 11.6 Å². The molecule has 1 aliphatic carbocycles. The van der Waals surface area contributed by atoms with E-state index in [9.17, 15) is 9.59 Å². The molecule has 1 fully saturated rings. The molecular formula is C11H12N4O2S. The average Bonchev–Trinajstić information content (AvgIpc) is 3.17. The Morgan fingerprint density at radius 2 is 1.94 bits per heavy atom. The van der Waals surface area contributed by atoms with Crippen molar-refractivity contribution in [2.24, 2.45) is 14.1 Å². The molecular weight excluding hydrogens is 252 g/mol. The quantitative estimate of drug-likeness (QED) is 0.764. The molecule has 0 bridgehead atoms. The van der Waals surface area contributed by atoms with Crippen LogP contribution in [0.3, 0.4) is 0 Å². The van der Waals surface area contributed by atoms with Gasteiger partial charge in [-0.2, -0.15) is 0 Å². The summed E-state index contributed by atoms with van der Waals surface area (Å²) in [7, 11) is 3.06. The highest BCUT2D eigenvalue weighted by molar-refractivity contribution is 7.71. The van der Waals surface area contributed by atoms with Crippen LogP contribution in [0, 0.1) is 4.64 Å². The molecule has 3 rings (SSSR count). The largest absolute Gasteiger partial charge is 0.332 e. The lowest BCUT2D eigenvalue weighted by Gasteiger charge is -2.08. The van der Waals surface area contributed by atoms with E-state index in [1.54, 1.807) is 7.05 Å². The van der Waals surface area contributed by atoms with Gasteiger partial charge in [-0.25, -0.2) is 9.78 Å². The van der Waals surface area contributed by atoms with Crippen LogP contribution in [-0.4, -0.2) is 19.1 Å². The molecule has 94 valence electrons. The minimum atomic E-state index is -0.399. The molecule has 1 N–H and O–H groups in total. The molecule has 0 atom stereocenters. The summed E-state index contributed by atoms with van der Waals surface area (Å²) in [4.78, 5) is 31.3. The van der Waals surface area contributed by atoms with Crippen molar-refractivity contribution >= 4 is 23.3 Å². The zero-order valence-corrected chi connectivity index (χ0v) is 10.9. The predicted octanol–water partition coefficient (Wildman–Crippen LogP) is 0.567. The fraction of sp³-hybridized carbons (Fsp3) is 0.455. The minimum Gasteiger partial charge on any atom is -0.329 e. The van der Waals surface area contributed by atoms with Crippen LogP contribution in [0.4, 0.5) is 0 Å². The van der Waals surface area contributed by atoms with Crippen molar-refractivity contribution in [3.8, 4) is 0 Å². The van der Waals surface area contributed by atoms with E-state index < -0.39 is 5.56 Å². The maximum atomic E-state index is 12.0. The van der Waals surface area contributed by atoms with E-state index in [1.807, 2.05) is 0 Å². The third-order valence-electron chi connectivity index (χ3n) is 3.31. The molecule has 0 aromatic carbocycles. The molecule has 2 aromatic rings. The Morgan fingerprint density at radius 3 is 2.56 bits per heavy atom. The third-order valence-corrected chi connectivity index (χ3v) is 3.61. The lowest BCUT2D eigenvalue weighted by atomic mass is 10.3. The smallest absolute Gasteiger partial charge is 0.329 e. The van der Waals surface area contributed by atoms with Crippen molar-refractivity contribution in [2.75, 3.05) is 0 Å². The van der Waals surface area contributed by atoms with Crippen molar-refractivity contribution < 1.29 is 0 Å². The number of aromatic amines is 1. The van der Waals surface area contributed by atoms with E-state index in [0.717, 1.165) is 23.2 Å². The normalized spacial score (nSPS) is 15.2. The van der Waals surface area contributed by atoms with Gasteiger partial charge in [0.05, 0.1) is 0 Å². The van der Waals surface area contributed by atoms with Crippen LogP contribution in [0.1, 0.15) is 24.6 Å². The second-order valence-corrected chi connectivity index (χ2v) is 5.02. The average molecular weight is 264 g/mol. The molecule has 0 spiro atoms. The van der Waals surface area contributed by atoms with Gasteiger partial charge in [-0.3, -0.25) is 13.9 Å². The molecule has 1 saturated carbocycles. The minimum absolute atomic E-state index is 0.266. The van der Waals surface area contributed by atoms with E-state index in [2.05, 4.69) is 9.97 Å². The third kappa shape index (κ3) is 1.47. The first kappa shape index (κ1) is 11.3. The number of hydrogen-bond acceptors (Lipinski definition) is 4. The van der Waals surface area contributed by atoms with E-state index >= 15 is 0 Å². The predicted molar refractivity (Wildman–Crippen MR) is 69.4 cm³/mol. The zero-order chi connectivity index (χ0) is 13.0. The highest BCUT2D eigenvalue weighted by Crippen LogP contribution is 2.38. The topological polar surface area (TPSA) is 72.7 Å². The van der Waals surface area contributed by atoms with Crippen molar-refractivity contribution in [1.82, 2.24) is 19.1 Å². The number of aryl methyl sites for hydroxylation is 1. The second kappa shape index (κ2) is 3.61. The van der Waals surface area contributed by atoms with Gasteiger partial charge in [-0.15, -0.1) is 0 Å². The second-order valence-electron chi connectivity index (χ2n) is 4.63. The van der Waals surface area contributed by atoms with Crippen LogP contribution >= 0.6 is 12.2 Å². The Hall–Kier alpha value is -1.76. The van der Waals surface area contributed by atoms with Crippen molar-refractivity contribution in [2.45, 2.75) is 18.8 Å². The van der Waals surface area contributed by atoms with Gasteiger partial charge in [0.15, 0.2) is 0 Å². The van der Waals surface area contributed by atoms with Crippen molar-refractivity contribution in [3.63, 3.8) is 0 Å². The molecule has 7 heteroatoms. The number of H-pyrrole nitrogens is 1. The van der Waals surface area contributed by atoms with Gasteiger partial charge in [0, 0.05) is 20.0 Å². The number of rotatable bonds is 1. The highest BCUT2D eigenvalue weighted by atomic mass is 32.1. The van der Waals surface area contributed by atoms with Gasteiger partial charge in [0.25, 0.3) is 5.56 Å². The summed E-state index contributed by atoms with van der Waals surface area (Å²) in [6, 6.07) is 0. The maximum absolute atomic E-state index is 12.0. The Labute approximate surface area is 107 Å². The molecule has 0 unspecified atom stereocenters. The number of hydrogen-bond donors (Lipinski definition) is 1. The lowest BCUT2D eigenvalue weighted by molar-refractivity contribution is 0.702. The SMILES string of the molecule is Cn1c(=O)c2c(=S)nc(C3CC3)[nH]c2n(C)c1=O. The summed E-state index contributed by atoms with van der Waals surface area (Å²) in [5.74, 6) is 1.16. The molecule has 6 nitrogen and oxygen atoms in total. The first-order valence-corrected chi connectivity index (χ1v) is 6.11. The van der Waals surface area contributed by atoms with Crippen LogP contribution in [0.25, 0.3) is 11.0 Å². The Bertz CT molecular complexity index is 826. The van der Waals surface area contributed by atoms with Gasteiger partial charge >= 0.3 is 5.69 Å². The summed E-state index contributed by atoms with van der Waals surface area (Å²) in [5.41, 5.74) is -0.305. The Balaban J connectivity index is 2.55. The summed E-state index contributed by atoms with van der Waals surface area (Å²) in [6.45, 7) is 0. The van der Waals surface area contributed by atoms with E-state index in [-0.39, 0.29) is 10.3 Å². The zero-order valence-electron chi connectivity index (χ0n) is 10.1. The molecule has 2 aromatic heterocycles. The number of aromatic nitrogens is 4. The summed E-state index contributed by atoms with van der Waals surface area (Å²) in [5, 5.41) is 0.305. The number of nitrogens with one attached hydrogen (secondary N) is 1. The van der Waals surface area contributed by atoms with Crippen molar-refractivity contribution in [1.29, 1.82) is 0 Å². The molecule has 18 heavy (non-hydrogen) atoms. The number of nitrogens with zero attached hydrogens (tertiary/aromatic N) is 3. The summed E-state index contributed by atoms with van der Waals surface area (Å²) in [6.07, 6.45) is 2.14. The molecule has 2 heterocycles. The molecule has 0 saturated heterocycles. The molecule has 1 aliphatic rings. The molecule has 0 aliphatic heterocycles. The van der Waals surface area contributed by atoms with Crippen LogP contribution < -0.4 is 11.2 Å². The van der Waals surface area contributed by atoms with Gasteiger partial charge in [-0.1, -0.05) is 12.2 Å². The highest BCUT2D eigenvalue weighted by Gasteiger charge is 2.27.